The average Bonchev–Trinajstić information content (AvgIpc) is 2.07. The molecule has 0 aliphatic carbocycles. The fourth-order valence-electron chi connectivity index (χ4n) is 0.287. The molecule has 64 valence electrons. The summed E-state index contributed by atoms with van der Waals surface area (Å²) in [4.78, 5) is 0. The predicted molar refractivity (Wildman–Crippen MR) is 45.6 cm³/mol. The van der Waals surface area contributed by atoms with Crippen LogP contribution in [-0.4, -0.2) is 0 Å². The first kappa shape index (κ1) is 12.7. The van der Waals surface area contributed by atoms with E-state index in [4.69, 9.17) is 0 Å². The summed E-state index contributed by atoms with van der Waals surface area (Å²) in [6.45, 7) is 8.59. The lowest BCUT2D eigenvalue weighted by Gasteiger charge is -1.88. The van der Waals surface area contributed by atoms with E-state index >= 15 is 0 Å². The van der Waals surface area contributed by atoms with Gasteiger partial charge in [0, 0.05) is 5.57 Å². The molecule has 0 rings (SSSR count). The number of rotatable bonds is 2. The molecule has 0 atom stereocenters. The first-order chi connectivity index (χ1) is 5.22. The molecule has 0 N–H and O–H groups in total. The summed E-state index contributed by atoms with van der Waals surface area (Å²) >= 11 is 0. The second-order valence-electron chi connectivity index (χ2n) is 1.54. The summed E-state index contributed by atoms with van der Waals surface area (Å²) in [5.41, 5.74) is -0.0186. The van der Waals surface area contributed by atoms with E-state index in [1.54, 1.807) is 0 Å². The van der Waals surface area contributed by atoms with Crippen LogP contribution in [0.4, 0.5) is 8.78 Å². The Kier molecular flexibility index (Phi) is 10.5. The fourth-order valence-corrected chi connectivity index (χ4v) is 0.287. The Labute approximate surface area is 66.9 Å². The Morgan fingerprint density at radius 3 is 2.09 bits per heavy atom. The van der Waals surface area contributed by atoms with Crippen LogP contribution in [-0.2, 0) is 0 Å². The number of hydrogen-bond donors (Lipinski definition) is 0. The van der Waals surface area contributed by atoms with Crippen LogP contribution in [0.5, 0.6) is 0 Å². The molecule has 0 spiro atoms. The number of allylic oxidation sites excluding steroid dienone is 4. The summed E-state index contributed by atoms with van der Waals surface area (Å²) in [6, 6.07) is 0. The first-order valence-electron chi connectivity index (χ1n) is 3.48. The topological polar surface area (TPSA) is 0 Å². The molecule has 0 aromatic carbocycles. The third kappa shape index (κ3) is 6.97. The molecule has 0 bridgehead atoms. The van der Waals surface area contributed by atoms with Gasteiger partial charge in [0.05, 0.1) is 6.33 Å². The highest BCUT2D eigenvalue weighted by molar-refractivity contribution is 5.24. The van der Waals surface area contributed by atoms with Gasteiger partial charge in [-0.3, -0.25) is 0 Å². The fraction of sp³-hybridized carbons (Fsp3) is 0.333. The zero-order valence-corrected chi connectivity index (χ0v) is 7.20. The zero-order chi connectivity index (χ0) is 9.28. The van der Waals surface area contributed by atoms with Crippen LogP contribution in [0.3, 0.4) is 0 Å². The summed E-state index contributed by atoms with van der Waals surface area (Å²) in [7, 11) is 0. The van der Waals surface area contributed by atoms with E-state index in [0.717, 1.165) is 6.08 Å². The van der Waals surface area contributed by atoms with Crippen molar-refractivity contribution in [1.29, 1.82) is 0 Å². The van der Waals surface area contributed by atoms with E-state index < -0.39 is 5.83 Å². The van der Waals surface area contributed by atoms with Crippen molar-refractivity contribution in [2.24, 2.45) is 0 Å². The molecule has 0 nitrogen and oxygen atoms in total. The molecule has 11 heavy (non-hydrogen) atoms. The van der Waals surface area contributed by atoms with Gasteiger partial charge in [0.25, 0.3) is 0 Å². The van der Waals surface area contributed by atoms with Crippen molar-refractivity contribution >= 4 is 0 Å². The van der Waals surface area contributed by atoms with Crippen LogP contribution >= 0.6 is 0 Å². The lowest BCUT2D eigenvalue weighted by molar-refractivity contribution is 0.632. The Bertz CT molecular complexity index is 155. The maximum atomic E-state index is 12.3. The highest BCUT2D eigenvalue weighted by Crippen LogP contribution is 2.09. The summed E-state index contributed by atoms with van der Waals surface area (Å²) in [6.07, 6.45) is 2.59. The van der Waals surface area contributed by atoms with Crippen LogP contribution in [0.15, 0.2) is 36.5 Å². The molecule has 0 saturated carbocycles. The molecular formula is C9H14F2. The van der Waals surface area contributed by atoms with Crippen molar-refractivity contribution < 1.29 is 8.78 Å². The number of halogens is 2. The Morgan fingerprint density at radius 2 is 1.82 bits per heavy atom. The zero-order valence-electron chi connectivity index (χ0n) is 7.20. The van der Waals surface area contributed by atoms with Gasteiger partial charge in [-0.25, -0.2) is 8.78 Å². The van der Waals surface area contributed by atoms with Crippen molar-refractivity contribution in [3.63, 3.8) is 0 Å². The molecule has 0 saturated heterocycles. The normalized spacial score (nSPS) is 11.7. The molecule has 0 aliphatic rings. The van der Waals surface area contributed by atoms with Gasteiger partial charge in [-0.1, -0.05) is 26.5 Å². The molecule has 0 unspecified atom stereocenters. The van der Waals surface area contributed by atoms with Gasteiger partial charge < -0.3 is 0 Å². The van der Waals surface area contributed by atoms with Crippen molar-refractivity contribution in [2.75, 3.05) is 0 Å². The molecule has 0 heterocycles. The third-order valence-electron chi connectivity index (χ3n) is 0.805. The minimum Gasteiger partial charge on any atom is -0.215 e. The molecule has 0 aromatic rings. The van der Waals surface area contributed by atoms with E-state index in [1.807, 2.05) is 13.8 Å². The molecule has 0 aromatic heterocycles. The molecule has 0 amide bonds. The standard InChI is InChI=1S/C7H8F2.C2H6/c1-3-4-7(9)6(2)5-8;1-2/h3-5H,1H2,2H3;1-2H3/b6-5+,7-4+;. The van der Waals surface area contributed by atoms with E-state index in [2.05, 4.69) is 6.58 Å². The number of hydrogen-bond acceptors (Lipinski definition) is 0. The average molecular weight is 160 g/mol. The second-order valence-corrected chi connectivity index (χ2v) is 1.54. The van der Waals surface area contributed by atoms with Crippen molar-refractivity contribution in [3.05, 3.63) is 36.5 Å². The van der Waals surface area contributed by atoms with Gasteiger partial charge in [0.15, 0.2) is 0 Å². The van der Waals surface area contributed by atoms with Crippen LogP contribution in [0.25, 0.3) is 0 Å². The van der Waals surface area contributed by atoms with Gasteiger partial charge in [0.2, 0.25) is 0 Å². The predicted octanol–water partition coefficient (Wildman–Crippen LogP) is 3.93. The third-order valence-corrected chi connectivity index (χ3v) is 0.805. The SMILES string of the molecule is C=C/C=C(F)\C(C)=C\F.CC. The van der Waals surface area contributed by atoms with Gasteiger partial charge in [-0.2, -0.15) is 0 Å². The lowest BCUT2D eigenvalue weighted by atomic mass is 10.3. The van der Waals surface area contributed by atoms with E-state index in [0.29, 0.717) is 0 Å². The Hall–Kier alpha value is -0.920. The monoisotopic (exact) mass is 160 g/mol. The molecule has 0 fully saturated rings. The summed E-state index contributed by atoms with van der Waals surface area (Å²) in [5, 5.41) is 0. The maximum absolute atomic E-state index is 12.3. The molecular weight excluding hydrogens is 146 g/mol. The van der Waals surface area contributed by atoms with Crippen LogP contribution in [0.1, 0.15) is 20.8 Å². The summed E-state index contributed by atoms with van der Waals surface area (Å²) in [5.74, 6) is -0.590. The van der Waals surface area contributed by atoms with Gasteiger partial charge >= 0.3 is 0 Å². The van der Waals surface area contributed by atoms with Crippen LogP contribution in [0, 0.1) is 0 Å². The van der Waals surface area contributed by atoms with Gasteiger partial charge in [0.1, 0.15) is 5.83 Å². The van der Waals surface area contributed by atoms with Gasteiger partial charge in [-0.15, -0.1) is 0 Å². The largest absolute Gasteiger partial charge is 0.215 e. The Balaban J connectivity index is 0. The summed E-state index contributed by atoms with van der Waals surface area (Å²) < 4.78 is 23.8. The lowest BCUT2D eigenvalue weighted by Crippen LogP contribution is -1.72. The minimum absolute atomic E-state index is 0.0186. The van der Waals surface area contributed by atoms with Crippen LogP contribution in [0.2, 0.25) is 0 Å². The van der Waals surface area contributed by atoms with Gasteiger partial charge in [-0.05, 0) is 13.0 Å². The highest BCUT2D eigenvalue weighted by atomic mass is 19.1. The maximum Gasteiger partial charge on any atom is 0.128 e. The quantitative estimate of drug-likeness (QED) is 0.537. The Morgan fingerprint density at radius 1 is 1.36 bits per heavy atom. The first-order valence-corrected chi connectivity index (χ1v) is 3.48. The second kappa shape index (κ2) is 9.08. The van der Waals surface area contributed by atoms with Crippen LogP contribution < -0.4 is 0 Å². The van der Waals surface area contributed by atoms with E-state index in [1.165, 1.54) is 13.0 Å². The van der Waals surface area contributed by atoms with Crippen molar-refractivity contribution in [3.8, 4) is 0 Å². The smallest absolute Gasteiger partial charge is 0.128 e. The molecule has 0 aliphatic heterocycles. The molecule has 0 radical (unpaired) electrons. The minimum atomic E-state index is -0.590. The molecule has 2 heteroatoms. The van der Waals surface area contributed by atoms with E-state index in [-0.39, 0.29) is 11.9 Å². The van der Waals surface area contributed by atoms with Crippen molar-refractivity contribution in [1.82, 2.24) is 0 Å². The van der Waals surface area contributed by atoms with E-state index in [9.17, 15) is 8.78 Å². The highest BCUT2D eigenvalue weighted by Gasteiger charge is 1.93. The van der Waals surface area contributed by atoms with Crippen molar-refractivity contribution in [2.45, 2.75) is 20.8 Å².